The van der Waals surface area contributed by atoms with Gasteiger partial charge in [0.2, 0.25) is 0 Å². The summed E-state index contributed by atoms with van der Waals surface area (Å²) >= 11 is 0. The molecule has 13 heavy (non-hydrogen) atoms. The molecular formula is C10H16O3. The van der Waals surface area contributed by atoms with E-state index in [1.54, 1.807) is 0 Å². The zero-order valence-electron chi connectivity index (χ0n) is 7.65. The molecule has 1 fully saturated rings. The topological polar surface area (TPSA) is 49.7 Å². The summed E-state index contributed by atoms with van der Waals surface area (Å²) in [7, 11) is 0. The molecule has 0 aromatic rings. The Morgan fingerprint density at radius 1 is 1.38 bits per heavy atom. The maximum Gasteiger partial charge on any atom is 0.0946 e. The van der Waals surface area contributed by atoms with E-state index in [4.69, 9.17) is 21.4 Å². The molecule has 0 amide bonds. The van der Waals surface area contributed by atoms with Crippen molar-refractivity contribution in [2.75, 3.05) is 13.2 Å². The lowest BCUT2D eigenvalue weighted by atomic mass is 9.92. The van der Waals surface area contributed by atoms with E-state index in [-0.39, 0.29) is 31.3 Å². The Morgan fingerprint density at radius 3 is 2.69 bits per heavy atom. The van der Waals surface area contributed by atoms with Gasteiger partial charge in [0.15, 0.2) is 0 Å². The Balaban J connectivity index is 2.43. The van der Waals surface area contributed by atoms with Crippen LogP contribution in [0.5, 0.6) is 0 Å². The Labute approximate surface area is 78.7 Å². The molecule has 3 heteroatoms. The van der Waals surface area contributed by atoms with Crippen LogP contribution in [0, 0.1) is 18.3 Å². The molecule has 74 valence electrons. The fourth-order valence-corrected chi connectivity index (χ4v) is 1.68. The van der Waals surface area contributed by atoms with Gasteiger partial charge in [0.05, 0.1) is 18.8 Å². The van der Waals surface area contributed by atoms with Crippen LogP contribution in [0.1, 0.15) is 19.3 Å². The third kappa shape index (κ3) is 2.70. The molecule has 0 radical (unpaired) electrons. The molecule has 0 aromatic heterocycles. The van der Waals surface area contributed by atoms with Crippen molar-refractivity contribution < 1.29 is 14.9 Å². The minimum absolute atomic E-state index is 0.0277. The highest BCUT2D eigenvalue weighted by Gasteiger charge is 2.28. The molecule has 3 nitrogen and oxygen atoms in total. The van der Waals surface area contributed by atoms with Gasteiger partial charge in [-0.25, -0.2) is 0 Å². The molecule has 1 aliphatic rings. The predicted octanol–water partition coefficient (Wildman–Crippen LogP) is 0.158. The fraction of sp³-hybridized carbons (Fsp3) is 0.800. The quantitative estimate of drug-likeness (QED) is 0.614. The monoisotopic (exact) mass is 184 g/mol. The first-order chi connectivity index (χ1) is 6.31. The summed E-state index contributed by atoms with van der Waals surface area (Å²) in [6.45, 7) is 0.0976. The summed E-state index contributed by atoms with van der Waals surface area (Å²) in [5.74, 6) is 2.65. The van der Waals surface area contributed by atoms with Gasteiger partial charge < -0.3 is 14.9 Å². The lowest BCUT2D eigenvalue weighted by Gasteiger charge is -2.32. The standard InChI is InChI=1S/C10H16O3/c1-2-8-3-4-9(5-6-11)13-10(8)7-12/h1,8-12H,3-7H2/t8-,9+,10+/m0/s1. The SMILES string of the molecule is C#C[C@H]1CC[C@H](CCO)O[C@@H]1CO. The van der Waals surface area contributed by atoms with Crippen LogP contribution in [0.4, 0.5) is 0 Å². The zero-order chi connectivity index (χ0) is 9.68. The number of aliphatic hydroxyl groups excluding tert-OH is 2. The van der Waals surface area contributed by atoms with E-state index in [9.17, 15) is 0 Å². The van der Waals surface area contributed by atoms with Crippen molar-refractivity contribution in [2.45, 2.75) is 31.5 Å². The summed E-state index contributed by atoms with van der Waals surface area (Å²) in [4.78, 5) is 0. The highest BCUT2D eigenvalue weighted by Crippen LogP contribution is 2.25. The van der Waals surface area contributed by atoms with Gasteiger partial charge in [-0.15, -0.1) is 12.3 Å². The first-order valence-electron chi connectivity index (χ1n) is 4.65. The van der Waals surface area contributed by atoms with E-state index in [0.29, 0.717) is 6.42 Å². The summed E-state index contributed by atoms with van der Waals surface area (Å²) < 4.78 is 5.53. The molecule has 3 atom stereocenters. The molecule has 1 saturated heterocycles. The first kappa shape index (κ1) is 10.5. The number of aliphatic hydroxyl groups is 2. The Hall–Kier alpha value is -0.560. The molecule has 0 aliphatic carbocycles. The minimum atomic E-state index is -0.240. The lowest BCUT2D eigenvalue weighted by Crippen LogP contribution is -2.37. The van der Waals surface area contributed by atoms with Crippen molar-refractivity contribution in [2.24, 2.45) is 5.92 Å². The zero-order valence-corrected chi connectivity index (χ0v) is 7.65. The van der Waals surface area contributed by atoms with E-state index < -0.39 is 0 Å². The summed E-state index contributed by atoms with van der Waals surface area (Å²) in [6.07, 6.45) is 7.51. The van der Waals surface area contributed by atoms with Crippen molar-refractivity contribution in [3.05, 3.63) is 0 Å². The highest BCUT2D eigenvalue weighted by molar-refractivity contribution is 4.99. The van der Waals surface area contributed by atoms with Gasteiger partial charge in [-0.3, -0.25) is 0 Å². The van der Waals surface area contributed by atoms with Gasteiger partial charge in [0, 0.05) is 12.5 Å². The number of hydrogen-bond donors (Lipinski definition) is 2. The Bertz CT molecular complexity index is 185. The lowest BCUT2D eigenvalue weighted by molar-refractivity contribution is -0.0960. The Kier molecular flexibility index (Phi) is 4.23. The van der Waals surface area contributed by atoms with E-state index >= 15 is 0 Å². The number of terminal acetylenes is 1. The van der Waals surface area contributed by atoms with Gasteiger partial charge in [-0.05, 0) is 19.3 Å². The van der Waals surface area contributed by atoms with Gasteiger partial charge in [-0.2, -0.15) is 0 Å². The van der Waals surface area contributed by atoms with Crippen LogP contribution in [0.3, 0.4) is 0 Å². The average Bonchev–Trinajstić information content (AvgIpc) is 2.18. The molecule has 1 rings (SSSR count). The smallest absolute Gasteiger partial charge is 0.0946 e. The predicted molar refractivity (Wildman–Crippen MR) is 49.0 cm³/mol. The van der Waals surface area contributed by atoms with Crippen molar-refractivity contribution in [3.63, 3.8) is 0 Å². The molecule has 1 heterocycles. The third-order valence-corrected chi connectivity index (χ3v) is 2.46. The van der Waals surface area contributed by atoms with Gasteiger partial charge in [0.25, 0.3) is 0 Å². The Morgan fingerprint density at radius 2 is 2.15 bits per heavy atom. The van der Waals surface area contributed by atoms with Crippen molar-refractivity contribution >= 4 is 0 Å². The second-order valence-electron chi connectivity index (χ2n) is 3.34. The summed E-state index contributed by atoms with van der Waals surface area (Å²) in [5, 5.41) is 17.7. The van der Waals surface area contributed by atoms with Crippen LogP contribution >= 0.6 is 0 Å². The molecule has 0 aromatic carbocycles. The highest BCUT2D eigenvalue weighted by atomic mass is 16.5. The second kappa shape index (κ2) is 5.23. The van der Waals surface area contributed by atoms with Crippen molar-refractivity contribution in [1.82, 2.24) is 0 Å². The van der Waals surface area contributed by atoms with Crippen LogP contribution in [0.25, 0.3) is 0 Å². The molecular weight excluding hydrogens is 168 g/mol. The first-order valence-corrected chi connectivity index (χ1v) is 4.65. The normalized spacial score (nSPS) is 34.1. The molecule has 0 saturated carbocycles. The maximum absolute atomic E-state index is 9.00. The second-order valence-corrected chi connectivity index (χ2v) is 3.34. The van der Waals surface area contributed by atoms with Crippen molar-refractivity contribution in [1.29, 1.82) is 0 Å². The molecule has 2 N–H and O–H groups in total. The van der Waals surface area contributed by atoms with E-state index in [0.717, 1.165) is 12.8 Å². The summed E-state index contributed by atoms with van der Waals surface area (Å²) in [6, 6.07) is 0. The number of ether oxygens (including phenoxy) is 1. The number of hydrogen-bond acceptors (Lipinski definition) is 3. The van der Waals surface area contributed by atoms with Gasteiger partial charge >= 0.3 is 0 Å². The van der Waals surface area contributed by atoms with E-state index in [1.165, 1.54) is 0 Å². The van der Waals surface area contributed by atoms with Crippen LogP contribution < -0.4 is 0 Å². The van der Waals surface area contributed by atoms with Crippen LogP contribution in [-0.4, -0.2) is 35.6 Å². The maximum atomic E-state index is 9.00. The third-order valence-electron chi connectivity index (χ3n) is 2.46. The minimum Gasteiger partial charge on any atom is -0.396 e. The van der Waals surface area contributed by atoms with Crippen LogP contribution in [0.15, 0.2) is 0 Å². The van der Waals surface area contributed by atoms with Crippen LogP contribution in [0.2, 0.25) is 0 Å². The molecule has 1 aliphatic heterocycles. The fourth-order valence-electron chi connectivity index (χ4n) is 1.68. The summed E-state index contributed by atoms with van der Waals surface area (Å²) in [5.41, 5.74) is 0. The molecule has 0 bridgehead atoms. The van der Waals surface area contributed by atoms with E-state index in [2.05, 4.69) is 5.92 Å². The molecule has 0 unspecified atom stereocenters. The van der Waals surface area contributed by atoms with E-state index in [1.807, 2.05) is 0 Å². The largest absolute Gasteiger partial charge is 0.396 e. The number of rotatable bonds is 3. The van der Waals surface area contributed by atoms with Crippen molar-refractivity contribution in [3.8, 4) is 12.3 Å². The van der Waals surface area contributed by atoms with Gasteiger partial charge in [0.1, 0.15) is 0 Å². The van der Waals surface area contributed by atoms with Gasteiger partial charge in [-0.1, -0.05) is 0 Å². The van der Waals surface area contributed by atoms with Crippen LogP contribution in [-0.2, 0) is 4.74 Å². The average molecular weight is 184 g/mol. The molecule has 0 spiro atoms.